The molecule has 2 rings (SSSR count). The van der Waals surface area contributed by atoms with Gasteiger partial charge in [0.1, 0.15) is 11.2 Å². The van der Waals surface area contributed by atoms with Crippen LogP contribution in [0.2, 0.25) is 0 Å². The van der Waals surface area contributed by atoms with Crippen LogP contribution in [-0.2, 0) is 4.74 Å². The highest BCUT2D eigenvalue weighted by atomic mass is 16.6. The van der Waals surface area contributed by atoms with Crippen molar-refractivity contribution in [2.45, 2.75) is 33.3 Å². The monoisotopic (exact) mass is 352 g/mol. The summed E-state index contributed by atoms with van der Waals surface area (Å²) in [6.07, 6.45) is 0.903. The number of ether oxygens (including phenoxy) is 2. The Bertz CT molecular complexity index is 636. The molecule has 0 spiro atoms. The van der Waals surface area contributed by atoms with Crippen molar-refractivity contribution in [1.82, 2.24) is 14.9 Å². The molecule has 1 aliphatic rings. The first-order chi connectivity index (χ1) is 11.7. The normalized spacial score (nSPS) is 15.0. The number of carboxylic acid groups (broad SMARTS) is 1. The molecule has 0 aliphatic carbocycles. The lowest BCUT2D eigenvalue weighted by atomic mass is 10.2. The van der Waals surface area contributed by atoms with Gasteiger partial charge in [-0.05, 0) is 27.7 Å². The minimum atomic E-state index is -1.13. The Kier molecular flexibility index (Phi) is 5.66. The maximum absolute atomic E-state index is 12.1. The van der Waals surface area contributed by atoms with E-state index in [4.69, 9.17) is 14.6 Å². The lowest BCUT2D eigenvalue weighted by Gasteiger charge is -2.35. The first-order valence-electron chi connectivity index (χ1n) is 8.17. The van der Waals surface area contributed by atoms with E-state index in [1.165, 1.54) is 6.20 Å². The quantitative estimate of drug-likeness (QED) is 0.872. The van der Waals surface area contributed by atoms with Crippen LogP contribution in [0.15, 0.2) is 6.20 Å². The minimum Gasteiger partial charge on any atom is -0.477 e. The first kappa shape index (κ1) is 18.8. The number of rotatable bonds is 4. The van der Waals surface area contributed by atoms with Gasteiger partial charge in [-0.25, -0.2) is 14.6 Å². The third-order valence-corrected chi connectivity index (χ3v) is 3.47. The average Bonchev–Trinajstić information content (AvgIpc) is 2.53. The molecule has 1 fully saturated rings. The zero-order chi connectivity index (χ0) is 18.6. The van der Waals surface area contributed by atoms with Crippen LogP contribution >= 0.6 is 0 Å². The third kappa shape index (κ3) is 4.94. The van der Waals surface area contributed by atoms with Crippen molar-refractivity contribution in [3.63, 3.8) is 0 Å². The Morgan fingerprint density at radius 2 is 1.88 bits per heavy atom. The van der Waals surface area contributed by atoms with E-state index in [0.717, 1.165) is 0 Å². The van der Waals surface area contributed by atoms with Crippen molar-refractivity contribution >= 4 is 18.0 Å². The molecule has 25 heavy (non-hydrogen) atoms. The number of amides is 1. The molecule has 1 saturated heterocycles. The van der Waals surface area contributed by atoms with Gasteiger partial charge in [-0.15, -0.1) is 0 Å². The summed E-state index contributed by atoms with van der Waals surface area (Å²) in [5.74, 6) is -0.698. The fourth-order valence-electron chi connectivity index (χ4n) is 2.32. The molecule has 1 aromatic rings. The Labute approximate surface area is 146 Å². The fraction of sp³-hybridized carbons (Fsp3) is 0.625. The van der Waals surface area contributed by atoms with Gasteiger partial charge in [0.25, 0.3) is 0 Å². The van der Waals surface area contributed by atoms with Crippen molar-refractivity contribution in [1.29, 1.82) is 0 Å². The van der Waals surface area contributed by atoms with E-state index in [1.54, 1.807) is 11.8 Å². The summed E-state index contributed by atoms with van der Waals surface area (Å²) in [6.45, 7) is 9.55. The highest BCUT2D eigenvalue weighted by Crippen LogP contribution is 2.20. The van der Waals surface area contributed by atoms with Gasteiger partial charge in [-0.3, -0.25) is 0 Å². The summed E-state index contributed by atoms with van der Waals surface area (Å²) in [7, 11) is 0. The summed E-state index contributed by atoms with van der Waals surface area (Å²) < 4.78 is 10.7. The zero-order valence-electron chi connectivity index (χ0n) is 15.0. The van der Waals surface area contributed by atoms with E-state index in [-0.39, 0.29) is 17.5 Å². The summed E-state index contributed by atoms with van der Waals surface area (Å²) in [4.78, 5) is 35.1. The van der Waals surface area contributed by atoms with Crippen LogP contribution in [0.5, 0.6) is 5.88 Å². The fourth-order valence-corrected chi connectivity index (χ4v) is 2.32. The van der Waals surface area contributed by atoms with E-state index >= 15 is 0 Å². The molecule has 1 aliphatic heterocycles. The zero-order valence-corrected chi connectivity index (χ0v) is 15.0. The van der Waals surface area contributed by atoms with E-state index in [9.17, 15) is 9.59 Å². The standard InChI is InChI=1S/C16H24N4O5/c1-5-24-12-11(13(21)22)10-17-14(18-12)19-6-8-20(9-7-19)15(23)25-16(2,3)4/h10H,5-9H2,1-4H3,(H,21,22). The van der Waals surface area contributed by atoms with Crippen molar-refractivity contribution in [3.8, 4) is 5.88 Å². The Hall–Kier alpha value is -2.58. The second-order valence-corrected chi connectivity index (χ2v) is 6.58. The second-order valence-electron chi connectivity index (χ2n) is 6.58. The molecule has 9 nitrogen and oxygen atoms in total. The van der Waals surface area contributed by atoms with Gasteiger partial charge in [0.05, 0.1) is 12.8 Å². The summed E-state index contributed by atoms with van der Waals surface area (Å²) in [5, 5.41) is 9.15. The van der Waals surface area contributed by atoms with Crippen LogP contribution in [0.25, 0.3) is 0 Å². The summed E-state index contributed by atoms with van der Waals surface area (Å²) in [6, 6.07) is 0. The van der Waals surface area contributed by atoms with Crippen molar-refractivity contribution in [2.24, 2.45) is 0 Å². The molecule has 0 atom stereocenters. The van der Waals surface area contributed by atoms with Gasteiger partial charge < -0.3 is 24.4 Å². The topological polar surface area (TPSA) is 105 Å². The number of hydrogen-bond donors (Lipinski definition) is 1. The molecule has 0 aromatic carbocycles. The number of carbonyl (C=O) groups is 2. The van der Waals surface area contributed by atoms with E-state index < -0.39 is 11.6 Å². The maximum atomic E-state index is 12.1. The van der Waals surface area contributed by atoms with Gasteiger partial charge in [0.2, 0.25) is 11.8 Å². The van der Waals surface area contributed by atoms with Gasteiger partial charge in [-0.1, -0.05) is 0 Å². The number of anilines is 1. The van der Waals surface area contributed by atoms with Crippen LogP contribution in [0.4, 0.5) is 10.7 Å². The smallest absolute Gasteiger partial charge is 0.410 e. The molecule has 138 valence electrons. The summed E-state index contributed by atoms with van der Waals surface area (Å²) >= 11 is 0. The number of aromatic nitrogens is 2. The molecule has 1 N–H and O–H groups in total. The summed E-state index contributed by atoms with van der Waals surface area (Å²) in [5.41, 5.74) is -0.603. The number of hydrogen-bond acceptors (Lipinski definition) is 7. The molecule has 0 radical (unpaired) electrons. The number of carbonyl (C=O) groups excluding carboxylic acids is 1. The predicted octanol–water partition coefficient (Wildman–Crippen LogP) is 1.63. The molecule has 0 unspecified atom stereocenters. The highest BCUT2D eigenvalue weighted by Gasteiger charge is 2.27. The van der Waals surface area contributed by atoms with E-state index in [1.807, 2.05) is 25.7 Å². The number of aromatic carboxylic acids is 1. The first-order valence-corrected chi connectivity index (χ1v) is 8.17. The lowest BCUT2D eigenvalue weighted by molar-refractivity contribution is 0.0239. The maximum Gasteiger partial charge on any atom is 0.410 e. The number of piperazine rings is 1. The van der Waals surface area contributed by atoms with Gasteiger partial charge in [0, 0.05) is 26.2 Å². The van der Waals surface area contributed by atoms with Crippen molar-refractivity contribution in [3.05, 3.63) is 11.8 Å². The predicted molar refractivity (Wildman–Crippen MR) is 90.2 cm³/mol. The van der Waals surface area contributed by atoms with E-state index in [2.05, 4.69) is 9.97 Å². The van der Waals surface area contributed by atoms with Crippen molar-refractivity contribution < 1.29 is 24.2 Å². The second kappa shape index (κ2) is 7.54. The van der Waals surface area contributed by atoms with Crippen LogP contribution in [0.3, 0.4) is 0 Å². The minimum absolute atomic E-state index is 0.0505. The third-order valence-electron chi connectivity index (χ3n) is 3.47. The van der Waals surface area contributed by atoms with Crippen LogP contribution in [0.1, 0.15) is 38.1 Å². The Morgan fingerprint density at radius 1 is 1.24 bits per heavy atom. The molecule has 9 heteroatoms. The van der Waals surface area contributed by atoms with Crippen LogP contribution in [0, 0.1) is 0 Å². The SMILES string of the molecule is CCOc1nc(N2CCN(C(=O)OC(C)(C)C)CC2)ncc1C(=O)O. The van der Waals surface area contributed by atoms with E-state index in [0.29, 0.717) is 38.7 Å². The molecule has 1 aromatic heterocycles. The van der Waals surface area contributed by atoms with Crippen LogP contribution < -0.4 is 9.64 Å². The lowest BCUT2D eigenvalue weighted by Crippen LogP contribution is -2.50. The van der Waals surface area contributed by atoms with Gasteiger partial charge in [0.15, 0.2) is 0 Å². The molecular formula is C16H24N4O5. The molecule has 0 bridgehead atoms. The van der Waals surface area contributed by atoms with Gasteiger partial charge >= 0.3 is 12.1 Å². The Balaban J connectivity index is 2.04. The molecular weight excluding hydrogens is 328 g/mol. The van der Waals surface area contributed by atoms with Crippen molar-refractivity contribution in [2.75, 3.05) is 37.7 Å². The molecule has 2 heterocycles. The molecule has 0 saturated carbocycles. The van der Waals surface area contributed by atoms with Gasteiger partial charge in [-0.2, -0.15) is 4.98 Å². The van der Waals surface area contributed by atoms with Crippen LogP contribution in [-0.4, -0.2) is 70.4 Å². The number of nitrogens with zero attached hydrogens (tertiary/aromatic N) is 4. The largest absolute Gasteiger partial charge is 0.477 e. The Morgan fingerprint density at radius 3 is 2.40 bits per heavy atom. The number of carboxylic acids is 1. The molecule has 1 amide bonds. The average molecular weight is 352 g/mol. The highest BCUT2D eigenvalue weighted by molar-refractivity contribution is 5.89.